The summed E-state index contributed by atoms with van der Waals surface area (Å²) in [5, 5.41) is 4.18. The smallest absolute Gasteiger partial charge is 0.223 e. The number of piperidine rings is 1. The monoisotopic (exact) mass is 413 g/mol. The molecule has 2 saturated heterocycles. The third-order valence-electron chi connectivity index (χ3n) is 6.40. The van der Waals surface area contributed by atoms with Gasteiger partial charge in [0.25, 0.3) is 0 Å². The molecule has 3 heterocycles. The molecule has 0 aliphatic carbocycles. The van der Waals surface area contributed by atoms with Crippen LogP contribution in [0.15, 0.2) is 12.1 Å². The van der Waals surface area contributed by atoms with E-state index < -0.39 is 0 Å². The van der Waals surface area contributed by atoms with Gasteiger partial charge in [-0.05, 0) is 64.9 Å². The number of likely N-dealkylation sites (tertiary alicyclic amines) is 2. The van der Waals surface area contributed by atoms with E-state index in [0.717, 1.165) is 54.0 Å². The van der Waals surface area contributed by atoms with Gasteiger partial charge in [0, 0.05) is 25.0 Å². The van der Waals surface area contributed by atoms with Crippen molar-refractivity contribution >= 4 is 16.9 Å². The van der Waals surface area contributed by atoms with Crippen molar-refractivity contribution in [2.24, 2.45) is 0 Å². The van der Waals surface area contributed by atoms with E-state index in [-0.39, 0.29) is 0 Å². The van der Waals surface area contributed by atoms with Gasteiger partial charge < -0.3 is 19.7 Å². The molecule has 4 rings (SSSR count). The highest BCUT2D eigenvalue weighted by molar-refractivity contribution is 5.86. The molecule has 0 saturated carbocycles. The number of nitrogens with zero attached hydrogens (tertiary/aromatic N) is 4. The molecule has 0 radical (unpaired) electrons. The van der Waals surface area contributed by atoms with Crippen molar-refractivity contribution < 1.29 is 9.47 Å². The van der Waals surface area contributed by atoms with Gasteiger partial charge in [-0.1, -0.05) is 6.42 Å². The Morgan fingerprint density at radius 1 is 1.07 bits per heavy atom. The number of nitrogens with one attached hydrogen (secondary N) is 1. The average Bonchev–Trinajstić information content (AvgIpc) is 3.29. The Morgan fingerprint density at radius 3 is 2.60 bits per heavy atom. The van der Waals surface area contributed by atoms with Gasteiger partial charge in [0.05, 0.1) is 31.0 Å². The first-order valence-corrected chi connectivity index (χ1v) is 11.3. The van der Waals surface area contributed by atoms with Crippen molar-refractivity contribution in [3.63, 3.8) is 0 Å². The average molecular weight is 414 g/mol. The summed E-state index contributed by atoms with van der Waals surface area (Å²) in [7, 11) is 5.76. The number of fused-ring (bicyclic) bond motifs is 1. The van der Waals surface area contributed by atoms with Gasteiger partial charge in [0.15, 0.2) is 11.5 Å². The van der Waals surface area contributed by atoms with Crippen LogP contribution in [0, 0.1) is 0 Å². The molecule has 0 amide bonds. The van der Waals surface area contributed by atoms with Crippen LogP contribution >= 0.6 is 0 Å². The van der Waals surface area contributed by atoms with Crippen LogP contribution in [0.25, 0.3) is 10.9 Å². The zero-order valence-electron chi connectivity index (χ0n) is 18.6. The number of hydrogen-bond acceptors (Lipinski definition) is 7. The summed E-state index contributed by atoms with van der Waals surface area (Å²) in [5.41, 5.74) is 1.98. The normalized spacial score (nSPS) is 20.6. The molecular formula is C23H35N5O2. The summed E-state index contributed by atoms with van der Waals surface area (Å²) < 4.78 is 11.8. The van der Waals surface area contributed by atoms with Crippen LogP contribution in [-0.4, -0.2) is 73.8 Å². The first-order chi connectivity index (χ1) is 14.7. The predicted octanol–water partition coefficient (Wildman–Crippen LogP) is 3.70. The van der Waals surface area contributed by atoms with Crippen LogP contribution in [0.1, 0.15) is 50.3 Å². The minimum atomic E-state index is 0.299. The molecule has 164 valence electrons. The Bertz CT molecular complexity index is 853. The molecule has 1 aromatic carbocycles. The Morgan fingerprint density at radius 2 is 1.87 bits per heavy atom. The molecule has 2 fully saturated rings. The minimum Gasteiger partial charge on any atom is -0.493 e. The van der Waals surface area contributed by atoms with Crippen LogP contribution in [0.5, 0.6) is 11.5 Å². The number of rotatable bonds is 8. The van der Waals surface area contributed by atoms with Gasteiger partial charge >= 0.3 is 0 Å². The van der Waals surface area contributed by atoms with Crippen LogP contribution in [0.2, 0.25) is 0 Å². The predicted molar refractivity (Wildman–Crippen MR) is 121 cm³/mol. The lowest BCUT2D eigenvalue weighted by molar-refractivity contribution is 0.185. The fourth-order valence-corrected chi connectivity index (χ4v) is 4.70. The molecule has 7 nitrogen and oxygen atoms in total. The third kappa shape index (κ3) is 4.62. The maximum atomic E-state index is 6.13. The number of benzene rings is 1. The van der Waals surface area contributed by atoms with Gasteiger partial charge in [-0.2, -0.15) is 0 Å². The maximum Gasteiger partial charge on any atom is 0.223 e. The lowest BCUT2D eigenvalue weighted by Gasteiger charge is -2.32. The van der Waals surface area contributed by atoms with Gasteiger partial charge in [0.1, 0.15) is 0 Å². The summed E-state index contributed by atoms with van der Waals surface area (Å²) in [6.07, 6.45) is 7.25. The van der Waals surface area contributed by atoms with Gasteiger partial charge in [-0.15, -0.1) is 0 Å². The van der Waals surface area contributed by atoms with E-state index in [0.29, 0.717) is 18.6 Å². The van der Waals surface area contributed by atoms with Crippen LogP contribution < -0.4 is 14.8 Å². The molecule has 2 aromatic rings. The number of aromatic nitrogens is 2. The van der Waals surface area contributed by atoms with E-state index in [4.69, 9.17) is 19.4 Å². The fourth-order valence-electron chi connectivity index (χ4n) is 4.70. The quantitative estimate of drug-likeness (QED) is 0.662. The Kier molecular flexibility index (Phi) is 6.89. The van der Waals surface area contributed by atoms with Crippen molar-refractivity contribution in [1.29, 1.82) is 0 Å². The van der Waals surface area contributed by atoms with Crippen molar-refractivity contribution in [3.05, 3.63) is 17.8 Å². The van der Waals surface area contributed by atoms with Crippen molar-refractivity contribution in [2.75, 3.05) is 59.3 Å². The van der Waals surface area contributed by atoms with Gasteiger partial charge in [-0.25, -0.2) is 9.97 Å². The lowest BCUT2D eigenvalue weighted by atomic mass is 9.97. The highest BCUT2D eigenvalue weighted by atomic mass is 16.5. The van der Waals surface area contributed by atoms with Crippen LogP contribution in [-0.2, 0) is 0 Å². The van der Waals surface area contributed by atoms with Crippen molar-refractivity contribution in [3.8, 4) is 11.5 Å². The molecule has 1 aromatic heterocycles. The number of methoxy groups -OCH3 is 1. The summed E-state index contributed by atoms with van der Waals surface area (Å²) in [5.74, 6) is 2.17. The van der Waals surface area contributed by atoms with Crippen molar-refractivity contribution in [2.45, 2.75) is 44.6 Å². The summed E-state index contributed by atoms with van der Waals surface area (Å²) in [6, 6.07) is 4.37. The van der Waals surface area contributed by atoms with E-state index in [1.54, 1.807) is 7.11 Å². The first kappa shape index (κ1) is 21.1. The Labute approximate surface area is 179 Å². The highest BCUT2D eigenvalue weighted by Gasteiger charge is 2.25. The van der Waals surface area contributed by atoms with E-state index in [1.165, 1.54) is 38.8 Å². The molecule has 0 bridgehead atoms. The Hall–Kier alpha value is -2.12. The number of hydrogen-bond donors (Lipinski definition) is 1. The molecule has 30 heavy (non-hydrogen) atoms. The molecule has 7 heteroatoms. The molecule has 0 spiro atoms. The second-order valence-electron chi connectivity index (χ2n) is 8.45. The lowest BCUT2D eigenvalue weighted by Crippen LogP contribution is -2.30. The number of ether oxygens (including phenoxy) is 2. The maximum absolute atomic E-state index is 6.13. The summed E-state index contributed by atoms with van der Waals surface area (Å²) in [4.78, 5) is 14.5. The van der Waals surface area contributed by atoms with Crippen molar-refractivity contribution in [1.82, 2.24) is 19.8 Å². The van der Waals surface area contributed by atoms with E-state index in [2.05, 4.69) is 28.2 Å². The molecule has 2 aliphatic rings. The molecule has 2 aliphatic heterocycles. The first-order valence-electron chi connectivity index (χ1n) is 11.3. The zero-order chi connectivity index (χ0) is 20.9. The van der Waals surface area contributed by atoms with Gasteiger partial charge in [-0.3, -0.25) is 4.90 Å². The summed E-state index contributed by atoms with van der Waals surface area (Å²) in [6.45, 7) is 5.32. The fraction of sp³-hybridized carbons (Fsp3) is 0.652. The van der Waals surface area contributed by atoms with Crippen LogP contribution in [0.3, 0.4) is 0 Å². The number of anilines is 1. The molecule has 1 unspecified atom stereocenters. The molecule has 1 N–H and O–H groups in total. The SMILES string of the molecule is CNc1nc(C2CCCCN2C)c2cc(OC)c(OCCCN3CCCC3)cc2n1. The largest absolute Gasteiger partial charge is 0.493 e. The summed E-state index contributed by atoms with van der Waals surface area (Å²) >= 11 is 0. The van der Waals surface area contributed by atoms with E-state index in [9.17, 15) is 0 Å². The second kappa shape index (κ2) is 9.79. The second-order valence-corrected chi connectivity index (χ2v) is 8.45. The minimum absolute atomic E-state index is 0.299. The third-order valence-corrected chi connectivity index (χ3v) is 6.40. The topological polar surface area (TPSA) is 62.8 Å². The molecule has 1 atom stereocenters. The highest BCUT2D eigenvalue weighted by Crippen LogP contribution is 2.38. The van der Waals surface area contributed by atoms with Crippen LogP contribution in [0.4, 0.5) is 5.95 Å². The zero-order valence-corrected chi connectivity index (χ0v) is 18.6. The van der Waals surface area contributed by atoms with E-state index in [1.807, 2.05) is 13.1 Å². The molecular weight excluding hydrogens is 378 g/mol. The Balaban J connectivity index is 1.59. The van der Waals surface area contributed by atoms with Gasteiger partial charge in [0.2, 0.25) is 5.95 Å². The standard InChI is InChI=1S/C23H35N5O2/c1-24-23-25-18-16-21(30-14-8-13-28-11-6-7-12-28)20(29-3)15-17(18)22(26-23)19-9-4-5-10-27(19)2/h15-16,19H,4-14H2,1-3H3,(H,24,25,26). The van der Waals surface area contributed by atoms with E-state index >= 15 is 0 Å².